The molecule has 0 aromatic carbocycles. The Morgan fingerprint density at radius 2 is 1.83 bits per heavy atom. The van der Waals surface area contributed by atoms with Gasteiger partial charge in [0.05, 0.1) is 0 Å². The highest BCUT2D eigenvalue weighted by atomic mass is 14.3. The van der Waals surface area contributed by atoms with Crippen LogP contribution < -0.4 is 0 Å². The SMILES string of the molecule is [2H]C([2H])(C(C)C)C1CCC(C)(C)CC1. The third-order valence-corrected chi connectivity index (χ3v) is 2.91. The zero-order chi connectivity index (χ0) is 11.0. The molecule has 1 rings (SSSR count). The lowest BCUT2D eigenvalue weighted by Gasteiger charge is -2.34. The molecule has 0 atom stereocenters. The molecule has 1 fully saturated rings. The van der Waals surface area contributed by atoms with Gasteiger partial charge < -0.3 is 0 Å². The van der Waals surface area contributed by atoms with Gasteiger partial charge in [-0.1, -0.05) is 27.7 Å². The highest BCUT2D eigenvalue weighted by molar-refractivity contribution is 4.78. The fraction of sp³-hybridized carbons (Fsp3) is 1.00. The molecule has 0 heteroatoms. The molecule has 0 aromatic rings. The molecular formula is C12H24. The lowest BCUT2D eigenvalue weighted by molar-refractivity contribution is 0.175. The first-order valence-corrected chi connectivity index (χ1v) is 5.26. The molecule has 0 radical (unpaired) electrons. The predicted octanol–water partition coefficient (Wildman–Crippen LogP) is 4.25. The summed E-state index contributed by atoms with van der Waals surface area (Å²) in [6.07, 6.45) is 3.54. The topological polar surface area (TPSA) is 0 Å². The van der Waals surface area contributed by atoms with Gasteiger partial charge in [-0.2, -0.15) is 0 Å². The molecule has 0 heterocycles. The van der Waals surface area contributed by atoms with Gasteiger partial charge >= 0.3 is 0 Å². The van der Waals surface area contributed by atoms with Crippen molar-refractivity contribution in [2.45, 2.75) is 59.8 Å². The normalized spacial score (nSPS) is 28.4. The van der Waals surface area contributed by atoms with E-state index in [2.05, 4.69) is 13.8 Å². The third-order valence-electron chi connectivity index (χ3n) is 2.91. The van der Waals surface area contributed by atoms with Crippen molar-refractivity contribution < 1.29 is 2.74 Å². The van der Waals surface area contributed by atoms with Gasteiger partial charge in [-0.05, 0) is 49.3 Å². The van der Waals surface area contributed by atoms with Crippen LogP contribution in [0.25, 0.3) is 0 Å². The molecule has 1 aliphatic rings. The largest absolute Gasteiger partial charge is 0.0628 e. The van der Waals surface area contributed by atoms with Gasteiger partial charge in [0, 0.05) is 2.74 Å². The van der Waals surface area contributed by atoms with Crippen LogP contribution in [0.5, 0.6) is 0 Å². The number of hydrogen-bond donors (Lipinski definition) is 0. The molecule has 0 N–H and O–H groups in total. The number of rotatable bonds is 2. The fourth-order valence-electron chi connectivity index (χ4n) is 2.04. The first-order chi connectivity index (χ1) is 6.26. The average Bonchev–Trinajstić information content (AvgIpc) is 2.03. The lowest BCUT2D eigenvalue weighted by atomic mass is 9.71. The van der Waals surface area contributed by atoms with E-state index in [0.717, 1.165) is 12.8 Å². The molecule has 1 saturated carbocycles. The Morgan fingerprint density at radius 1 is 1.33 bits per heavy atom. The predicted molar refractivity (Wildman–Crippen MR) is 55.2 cm³/mol. The summed E-state index contributed by atoms with van der Waals surface area (Å²) in [5, 5.41) is 0. The van der Waals surface area contributed by atoms with Gasteiger partial charge in [0.25, 0.3) is 0 Å². The molecule has 12 heavy (non-hydrogen) atoms. The summed E-state index contributed by atoms with van der Waals surface area (Å²) >= 11 is 0. The summed E-state index contributed by atoms with van der Waals surface area (Å²) in [6, 6.07) is 0. The quantitative estimate of drug-likeness (QED) is 0.581. The van der Waals surface area contributed by atoms with Gasteiger partial charge in [-0.25, -0.2) is 0 Å². The van der Waals surface area contributed by atoms with Crippen LogP contribution in [-0.4, -0.2) is 0 Å². The fourth-order valence-corrected chi connectivity index (χ4v) is 2.04. The summed E-state index contributed by atoms with van der Waals surface area (Å²) in [4.78, 5) is 0. The average molecular weight is 170 g/mol. The maximum atomic E-state index is 8.07. The van der Waals surface area contributed by atoms with E-state index in [4.69, 9.17) is 2.74 Å². The first-order valence-electron chi connectivity index (χ1n) is 6.26. The Kier molecular flexibility index (Phi) is 2.35. The molecule has 0 amide bonds. The van der Waals surface area contributed by atoms with Gasteiger partial charge in [0.15, 0.2) is 0 Å². The monoisotopic (exact) mass is 170 g/mol. The summed E-state index contributed by atoms with van der Waals surface area (Å²) < 4.78 is 16.1. The van der Waals surface area contributed by atoms with E-state index >= 15 is 0 Å². The number of hydrogen-bond acceptors (Lipinski definition) is 0. The standard InChI is InChI=1S/C12H24/c1-10(2)9-11-5-7-12(3,4)8-6-11/h10-11H,5-9H2,1-4H3/i9D2. The van der Waals surface area contributed by atoms with E-state index in [-0.39, 0.29) is 11.8 Å². The second-order valence-corrected chi connectivity index (χ2v) is 5.26. The minimum Gasteiger partial charge on any atom is -0.0628 e. The molecule has 0 nitrogen and oxygen atoms in total. The van der Waals surface area contributed by atoms with Gasteiger partial charge in [-0.3, -0.25) is 0 Å². The molecule has 0 saturated heterocycles. The Balaban J connectivity index is 2.57. The summed E-state index contributed by atoms with van der Waals surface area (Å²) in [7, 11) is 0. The van der Waals surface area contributed by atoms with Gasteiger partial charge in [0.2, 0.25) is 0 Å². The van der Waals surface area contributed by atoms with E-state index < -0.39 is 6.37 Å². The van der Waals surface area contributed by atoms with Crippen LogP contribution in [-0.2, 0) is 0 Å². The first kappa shape index (κ1) is 7.41. The molecular weight excluding hydrogens is 144 g/mol. The Labute approximate surface area is 80.6 Å². The van der Waals surface area contributed by atoms with Crippen LogP contribution in [0.4, 0.5) is 0 Å². The van der Waals surface area contributed by atoms with Crippen molar-refractivity contribution in [2.75, 3.05) is 0 Å². The van der Waals surface area contributed by atoms with Crippen LogP contribution in [0.1, 0.15) is 62.5 Å². The van der Waals surface area contributed by atoms with E-state index in [1.165, 1.54) is 12.8 Å². The minimum atomic E-state index is -0.962. The zero-order valence-electron chi connectivity index (χ0n) is 11.0. The van der Waals surface area contributed by atoms with E-state index in [0.29, 0.717) is 5.41 Å². The zero-order valence-corrected chi connectivity index (χ0v) is 8.98. The van der Waals surface area contributed by atoms with Crippen molar-refractivity contribution in [1.29, 1.82) is 0 Å². The highest BCUT2D eigenvalue weighted by Crippen LogP contribution is 2.39. The third kappa shape index (κ3) is 3.16. The molecule has 72 valence electrons. The lowest BCUT2D eigenvalue weighted by Crippen LogP contribution is -2.21. The Bertz CT molecular complexity index is 184. The van der Waals surface area contributed by atoms with Crippen LogP contribution in [0.15, 0.2) is 0 Å². The summed E-state index contributed by atoms with van der Waals surface area (Å²) in [5.74, 6) is 0.434. The van der Waals surface area contributed by atoms with Crippen LogP contribution >= 0.6 is 0 Å². The van der Waals surface area contributed by atoms with Crippen molar-refractivity contribution in [3.8, 4) is 0 Å². The van der Waals surface area contributed by atoms with Crippen molar-refractivity contribution in [1.82, 2.24) is 0 Å². The molecule has 0 unspecified atom stereocenters. The van der Waals surface area contributed by atoms with Gasteiger partial charge in [-0.15, -0.1) is 0 Å². The van der Waals surface area contributed by atoms with Crippen molar-refractivity contribution in [3.05, 3.63) is 0 Å². The maximum Gasteiger partial charge on any atom is 0.0272 e. The molecule has 0 spiro atoms. The van der Waals surface area contributed by atoms with Crippen molar-refractivity contribution in [2.24, 2.45) is 17.3 Å². The van der Waals surface area contributed by atoms with E-state index in [9.17, 15) is 0 Å². The van der Waals surface area contributed by atoms with E-state index in [1.807, 2.05) is 13.8 Å². The molecule has 0 aliphatic heterocycles. The minimum absolute atomic E-state index is 0.147. The Hall–Kier alpha value is 0. The van der Waals surface area contributed by atoms with Crippen molar-refractivity contribution >= 4 is 0 Å². The second-order valence-electron chi connectivity index (χ2n) is 5.26. The summed E-state index contributed by atoms with van der Waals surface area (Å²) in [6.45, 7) is 8.60. The van der Waals surface area contributed by atoms with Crippen LogP contribution in [0.3, 0.4) is 0 Å². The van der Waals surface area contributed by atoms with Gasteiger partial charge in [0.1, 0.15) is 0 Å². The Morgan fingerprint density at radius 3 is 2.25 bits per heavy atom. The highest BCUT2D eigenvalue weighted by Gasteiger charge is 2.26. The van der Waals surface area contributed by atoms with Crippen LogP contribution in [0, 0.1) is 17.3 Å². The van der Waals surface area contributed by atoms with Crippen molar-refractivity contribution in [3.63, 3.8) is 0 Å². The smallest absolute Gasteiger partial charge is 0.0272 e. The molecule has 0 aromatic heterocycles. The van der Waals surface area contributed by atoms with Crippen LogP contribution in [0.2, 0.25) is 0 Å². The molecule has 0 bridgehead atoms. The maximum absolute atomic E-state index is 8.07. The van der Waals surface area contributed by atoms with E-state index in [1.54, 1.807) is 0 Å². The molecule has 1 aliphatic carbocycles. The summed E-state index contributed by atoms with van der Waals surface area (Å²) in [5.41, 5.74) is 0.448. The second kappa shape index (κ2) is 3.81.